The number of aromatic nitrogens is 2. The molecule has 0 saturated heterocycles. The van der Waals surface area contributed by atoms with Crippen molar-refractivity contribution in [2.45, 2.75) is 39.4 Å². The third-order valence-corrected chi connectivity index (χ3v) is 5.84. The summed E-state index contributed by atoms with van der Waals surface area (Å²) in [6, 6.07) is 13.0. The molecule has 4 rings (SSSR count). The van der Waals surface area contributed by atoms with Crippen LogP contribution in [-0.2, 0) is 32.5 Å². The number of thiazole rings is 1. The maximum atomic E-state index is 4.69. The number of fused-ring (bicyclic) bond motifs is 1. The minimum Gasteiger partial charge on any atom is -0.352 e. The van der Waals surface area contributed by atoms with Crippen LogP contribution in [0.1, 0.15) is 34.3 Å². The molecule has 4 nitrogen and oxygen atoms in total. The third-order valence-electron chi connectivity index (χ3n) is 4.80. The lowest BCUT2D eigenvalue weighted by Gasteiger charge is -2.29. The molecular weight excluding hydrogens is 340 g/mol. The van der Waals surface area contributed by atoms with Crippen LogP contribution in [0.5, 0.6) is 0 Å². The van der Waals surface area contributed by atoms with Gasteiger partial charge in [-0.25, -0.2) is 9.97 Å². The van der Waals surface area contributed by atoms with E-state index in [2.05, 4.69) is 63.9 Å². The van der Waals surface area contributed by atoms with Crippen molar-refractivity contribution >= 4 is 17.2 Å². The summed E-state index contributed by atoms with van der Waals surface area (Å²) in [5.41, 5.74) is 5.22. The Labute approximate surface area is 158 Å². The molecule has 0 unspecified atom stereocenters. The Hall–Kier alpha value is -2.24. The molecule has 134 valence electrons. The molecule has 1 aliphatic heterocycles. The van der Waals surface area contributed by atoms with E-state index in [1.165, 1.54) is 21.7 Å². The number of hydrogen-bond donors (Lipinski definition) is 1. The first-order valence-corrected chi connectivity index (χ1v) is 10.1. The van der Waals surface area contributed by atoms with E-state index >= 15 is 0 Å². The molecule has 26 heavy (non-hydrogen) atoms. The topological polar surface area (TPSA) is 41.1 Å². The maximum Gasteiger partial charge on any atom is 0.128 e. The van der Waals surface area contributed by atoms with Crippen molar-refractivity contribution < 1.29 is 0 Å². The molecule has 0 aliphatic carbocycles. The first-order valence-electron chi connectivity index (χ1n) is 9.22. The first-order chi connectivity index (χ1) is 12.8. The van der Waals surface area contributed by atoms with Crippen molar-refractivity contribution in [2.75, 3.05) is 11.4 Å². The molecule has 3 aromatic rings. The van der Waals surface area contributed by atoms with Crippen LogP contribution in [0.2, 0.25) is 0 Å². The standard InChI is InChI=1S/C21H24N4S/c1-2-21-24-19(15-26-21)13-22-11-16-7-8-20(23-12-16)25-10-9-17-5-3-4-6-18(17)14-25/h3-8,12,15,22H,2,9-11,13-14H2,1H3. The van der Waals surface area contributed by atoms with Crippen molar-refractivity contribution in [1.29, 1.82) is 0 Å². The van der Waals surface area contributed by atoms with Crippen LogP contribution in [0.25, 0.3) is 0 Å². The van der Waals surface area contributed by atoms with E-state index in [1.807, 2.05) is 6.20 Å². The molecule has 5 heteroatoms. The van der Waals surface area contributed by atoms with Gasteiger partial charge in [-0.15, -0.1) is 11.3 Å². The summed E-state index contributed by atoms with van der Waals surface area (Å²) in [5, 5.41) is 6.80. The monoisotopic (exact) mass is 364 g/mol. The second kappa shape index (κ2) is 7.98. The number of nitrogens with zero attached hydrogens (tertiary/aromatic N) is 3. The number of aryl methyl sites for hydroxylation is 1. The van der Waals surface area contributed by atoms with Crippen molar-refractivity contribution in [3.63, 3.8) is 0 Å². The smallest absolute Gasteiger partial charge is 0.128 e. The summed E-state index contributed by atoms with van der Waals surface area (Å²) in [6.07, 6.45) is 4.09. The molecular formula is C21H24N4S. The second-order valence-electron chi connectivity index (χ2n) is 6.65. The average molecular weight is 365 g/mol. The molecule has 0 radical (unpaired) electrons. The Morgan fingerprint density at radius 3 is 2.77 bits per heavy atom. The number of rotatable bonds is 6. The number of nitrogens with one attached hydrogen (secondary N) is 1. The van der Waals surface area contributed by atoms with Gasteiger partial charge >= 0.3 is 0 Å². The van der Waals surface area contributed by atoms with Gasteiger partial charge in [-0.1, -0.05) is 37.3 Å². The highest BCUT2D eigenvalue weighted by atomic mass is 32.1. The lowest BCUT2D eigenvalue weighted by molar-refractivity contribution is 0.677. The van der Waals surface area contributed by atoms with Crippen LogP contribution in [-0.4, -0.2) is 16.5 Å². The van der Waals surface area contributed by atoms with Crippen LogP contribution >= 0.6 is 11.3 Å². The molecule has 0 amide bonds. The summed E-state index contributed by atoms with van der Waals surface area (Å²) in [4.78, 5) is 11.6. The molecule has 1 aliphatic rings. The number of pyridine rings is 1. The molecule has 3 heterocycles. The predicted octanol–water partition coefficient (Wildman–Crippen LogP) is 3.95. The summed E-state index contributed by atoms with van der Waals surface area (Å²) in [7, 11) is 0. The van der Waals surface area contributed by atoms with E-state index in [0.29, 0.717) is 0 Å². The summed E-state index contributed by atoms with van der Waals surface area (Å²) in [6.45, 7) is 5.75. The number of hydrogen-bond acceptors (Lipinski definition) is 5. The zero-order chi connectivity index (χ0) is 17.8. The highest BCUT2D eigenvalue weighted by molar-refractivity contribution is 7.09. The fourth-order valence-corrected chi connectivity index (χ4v) is 4.07. The SMILES string of the molecule is CCc1nc(CNCc2ccc(N3CCc4ccccc4C3)nc2)cs1. The Morgan fingerprint density at radius 1 is 1.12 bits per heavy atom. The maximum absolute atomic E-state index is 4.69. The highest BCUT2D eigenvalue weighted by Gasteiger charge is 2.16. The van der Waals surface area contributed by atoms with Gasteiger partial charge < -0.3 is 10.2 Å². The van der Waals surface area contributed by atoms with Crippen LogP contribution in [0.15, 0.2) is 48.0 Å². The fraction of sp³-hybridized carbons (Fsp3) is 0.333. The van der Waals surface area contributed by atoms with Gasteiger partial charge in [0.1, 0.15) is 5.82 Å². The molecule has 1 aromatic carbocycles. The Bertz CT molecular complexity index is 856. The second-order valence-corrected chi connectivity index (χ2v) is 7.60. The summed E-state index contributed by atoms with van der Waals surface area (Å²) in [5.74, 6) is 1.07. The largest absolute Gasteiger partial charge is 0.352 e. The van der Waals surface area contributed by atoms with Gasteiger partial charge in [-0.3, -0.25) is 0 Å². The molecule has 0 saturated carbocycles. The van der Waals surface area contributed by atoms with Crippen LogP contribution < -0.4 is 10.2 Å². The Morgan fingerprint density at radius 2 is 2.00 bits per heavy atom. The van der Waals surface area contributed by atoms with Crippen LogP contribution in [0, 0.1) is 0 Å². The van der Waals surface area contributed by atoms with Gasteiger partial charge in [-0.05, 0) is 35.6 Å². The van der Waals surface area contributed by atoms with E-state index in [0.717, 1.165) is 50.5 Å². The molecule has 2 aromatic heterocycles. The van der Waals surface area contributed by atoms with Crippen LogP contribution in [0.4, 0.5) is 5.82 Å². The third kappa shape index (κ3) is 3.94. The van der Waals surface area contributed by atoms with Crippen molar-refractivity contribution in [1.82, 2.24) is 15.3 Å². The number of anilines is 1. The normalized spacial score (nSPS) is 13.7. The highest BCUT2D eigenvalue weighted by Crippen LogP contribution is 2.23. The summed E-state index contributed by atoms with van der Waals surface area (Å²) >= 11 is 1.74. The van der Waals surface area contributed by atoms with E-state index < -0.39 is 0 Å². The van der Waals surface area contributed by atoms with Crippen LogP contribution in [0.3, 0.4) is 0 Å². The van der Waals surface area contributed by atoms with E-state index in [4.69, 9.17) is 4.98 Å². The average Bonchev–Trinajstić information content (AvgIpc) is 3.16. The Balaban J connectivity index is 1.32. The van der Waals surface area contributed by atoms with Gasteiger partial charge in [0.25, 0.3) is 0 Å². The minimum atomic E-state index is 0.807. The quantitative estimate of drug-likeness (QED) is 0.719. The van der Waals surface area contributed by atoms with Gasteiger partial charge in [0.15, 0.2) is 0 Å². The van der Waals surface area contributed by atoms with E-state index in [9.17, 15) is 0 Å². The van der Waals surface area contributed by atoms with Crippen molar-refractivity contribution in [3.05, 3.63) is 75.4 Å². The predicted molar refractivity (Wildman–Crippen MR) is 107 cm³/mol. The Kier molecular flexibility index (Phi) is 5.27. The zero-order valence-electron chi connectivity index (χ0n) is 15.1. The molecule has 0 spiro atoms. The van der Waals surface area contributed by atoms with Crippen molar-refractivity contribution in [2.24, 2.45) is 0 Å². The van der Waals surface area contributed by atoms with E-state index in [-0.39, 0.29) is 0 Å². The van der Waals surface area contributed by atoms with Gasteiger partial charge in [-0.2, -0.15) is 0 Å². The zero-order valence-corrected chi connectivity index (χ0v) is 15.9. The minimum absolute atomic E-state index is 0.807. The molecule has 0 fully saturated rings. The van der Waals surface area contributed by atoms with Gasteiger partial charge in [0.05, 0.1) is 10.7 Å². The molecule has 0 bridgehead atoms. The lowest BCUT2D eigenvalue weighted by Crippen LogP contribution is -2.30. The number of benzene rings is 1. The van der Waals surface area contributed by atoms with Crippen molar-refractivity contribution in [3.8, 4) is 0 Å². The molecule has 0 atom stereocenters. The van der Waals surface area contributed by atoms with Gasteiger partial charge in [0.2, 0.25) is 0 Å². The molecule has 1 N–H and O–H groups in total. The fourth-order valence-electron chi connectivity index (χ4n) is 3.33. The lowest BCUT2D eigenvalue weighted by atomic mass is 10.00. The van der Waals surface area contributed by atoms with Gasteiger partial charge in [0, 0.05) is 37.8 Å². The summed E-state index contributed by atoms with van der Waals surface area (Å²) < 4.78 is 0. The first kappa shape index (κ1) is 17.2. The van der Waals surface area contributed by atoms with E-state index in [1.54, 1.807) is 11.3 Å².